The first-order valence-corrected chi connectivity index (χ1v) is 12.4. The Morgan fingerprint density at radius 2 is 2.03 bits per heavy atom. The highest BCUT2D eigenvalue weighted by Gasteiger charge is 2.26. The fourth-order valence-electron chi connectivity index (χ4n) is 4.75. The normalized spacial score (nSPS) is 13.3. The molecule has 1 aliphatic heterocycles. The van der Waals surface area contributed by atoms with Gasteiger partial charge in [-0.2, -0.15) is 10.5 Å². The van der Waals surface area contributed by atoms with Crippen molar-refractivity contribution in [1.82, 2.24) is 19.8 Å². The number of amides is 1. The second-order valence-electron chi connectivity index (χ2n) is 8.99. The van der Waals surface area contributed by atoms with Gasteiger partial charge < -0.3 is 5.32 Å². The van der Waals surface area contributed by atoms with Crippen LogP contribution < -0.4 is 5.32 Å². The zero-order chi connectivity index (χ0) is 26.6. The van der Waals surface area contributed by atoms with Crippen molar-refractivity contribution >= 4 is 34.6 Å². The predicted octanol–water partition coefficient (Wildman–Crippen LogP) is 5.40. The van der Waals surface area contributed by atoms with Gasteiger partial charge in [-0.1, -0.05) is 29.8 Å². The van der Waals surface area contributed by atoms with Crippen molar-refractivity contribution in [2.24, 2.45) is 0 Å². The minimum atomic E-state index is -0.532. The smallest absolute Gasteiger partial charge is 0.326 e. The molecule has 0 fully saturated rings. The zero-order valence-electron chi connectivity index (χ0n) is 20.3. The number of carbonyl (C=O) groups excluding carboxylic acids is 1. The fourth-order valence-corrected chi connectivity index (χ4v) is 4.95. The van der Waals surface area contributed by atoms with Crippen LogP contribution in [0.1, 0.15) is 33.5 Å². The lowest BCUT2D eigenvalue weighted by Gasteiger charge is -2.27. The number of benzene rings is 2. The Labute approximate surface area is 224 Å². The first kappa shape index (κ1) is 25.2. The highest BCUT2D eigenvalue weighted by molar-refractivity contribution is 6.29. The molecule has 3 heterocycles. The molecule has 0 spiro atoms. The third kappa shape index (κ3) is 5.14. The van der Waals surface area contributed by atoms with Gasteiger partial charge in [0.15, 0.2) is 0 Å². The van der Waals surface area contributed by atoms with E-state index in [0.29, 0.717) is 36.8 Å². The second kappa shape index (κ2) is 10.9. The van der Waals surface area contributed by atoms with Gasteiger partial charge in [0, 0.05) is 49.9 Å². The lowest BCUT2D eigenvalue weighted by molar-refractivity contribution is 0.240. The van der Waals surface area contributed by atoms with Gasteiger partial charge in [0.1, 0.15) is 17.0 Å². The van der Waals surface area contributed by atoms with Crippen molar-refractivity contribution < 1.29 is 9.18 Å². The molecule has 0 radical (unpaired) electrons. The van der Waals surface area contributed by atoms with E-state index in [9.17, 15) is 14.4 Å². The molecule has 1 amide bonds. The van der Waals surface area contributed by atoms with Crippen LogP contribution in [0.15, 0.2) is 60.8 Å². The molecule has 1 aliphatic rings. The van der Waals surface area contributed by atoms with Crippen molar-refractivity contribution in [1.29, 1.82) is 10.5 Å². The fraction of sp³-hybridized carbons (Fsp3) is 0.172. The molecule has 188 valence electrons. The number of nitrogens with one attached hydrogen (secondary N) is 1. The molecule has 0 atom stereocenters. The summed E-state index contributed by atoms with van der Waals surface area (Å²) in [6.45, 7) is 2.29. The van der Waals surface area contributed by atoms with E-state index in [-0.39, 0.29) is 11.6 Å². The van der Waals surface area contributed by atoms with Crippen molar-refractivity contribution in [3.05, 3.63) is 105 Å². The molecular weight excluding hydrogens is 503 g/mol. The summed E-state index contributed by atoms with van der Waals surface area (Å²) in [5.41, 5.74) is 4.85. The molecular formula is C29H22ClFN6O. The number of nitriles is 2. The van der Waals surface area contributed by atoms with Crippen LogP contribution in [0.3, 0.4) is 0 Å². The summed E-state index contributed by atoms with van der Waals surface area (Å²) in [4.78, 5) is 19.6. The van der Waals surface area contributed by atoms with Crippen molar-refractivity contribution in [2.75, 3.05) is 13.1 Å². The number of nitrogens with zero attached hydrogens (tertiary/aromatic N) is 5. The third-order valence-electron chi connectivity index (χ3n) is 6.58. The number of aromatic nitrogens is 2. The molecule has 1 N–H and O–H groups in total. The summed E-state index contributed by atoms with van der Waals surface area (Å²) in [7, 11) is 0. The van der Waals surface area contributed by atoms with Crippen LogP contribution in [-0.4, -0.2) is 33.6 Å². The molecule has 2 aromatic heterocycles. The number of rotatable bonds is 5. The Morgan fingerprint density at radius 3 is 2.82 bits per heavy atom. The number of hydrogen-bond acceptors (Lipinski definition) is 5. The molecule has 0 saturated heterocycles. The average Bonchev–Trinajstić information content (AvgIpc) is 3.25. The summed E-state index contributed by atoms with van der Waals surface area (Å²) < 4.78 is 15.3. The highest BCUT2D eigenvalue weighted by atomic mass is 35.5. The van der Waals surface area contributed by atoms with Gasteiger partial charge in [-0.15, -0.1) is 0 Å². The number of halogens is 2. The Hall–Kier alpha value is -4.50. The first-order chi connectivity index (χ1) is 18.5. The Balaban J connectivity index is 1.38. The lowest BCUT2D eigenvalue weighted by Crippen LogP contribution is -2.34. The van der Waals surface area contributed by atoms with E-state index >= 15 is 0 Å². The highest BCUT2D eigenvalue weighted by Crippen LogP contribution is 2.32. The monoisotopic (exact) mass is 524 g/mol. The second-order valence-corrected chi connectivity index (χ2v) is 9.38. The van der Waals surface area contributed by atoms with Crippen molar-refractivity contribution in [3.63, 3.8) is 0 Å². The van der Waals surface area contributed by atoms with Crippen molar-refractivity contribution in [3.8, 4) is 12.1 Å². The maximum Gasteiger partial charge on any atom is 0.326 e. The van der Waals surface area contributed by atoms with Crippen LogP contribution in [0.4, 0.5) is 9.18 Å². The summed E-state index contributed by atoms with van der Waals surface area (Å²) in [5, 5.41) is 22.7. The van der Waals surface area contributed by atoms with E-state index < -0.39 is 5.82 Å². The number of hydrogen-bond donors (Lipinski definition) is 1. The van der Waals surface area contributed by atoms with E-state index in [0.717, 1.165) is 39.8 Å². The summed E-state index contributed by atoms with van der Waals surface area (Å²) in [6.07, 6.45) is 6.10. The van der Waals surface area contributed by atoms with Crippen LogP contribution in [0.25, 0.3) is 17.0 Å². The molecule has 4 aromatic rings. The van der Waals surface area contributed by atoms with E-state index in [1.54, 1.807) is 35.0 Å². The third-order valence-corrected chi connectivity index (χ3v) is 6.79. The van der Waals surface area contributed by atoms with Gasteiger partial charge in [0.2, 0.25) is 0 Å². The van der Waals surface area contributed by atoms with Gasteiger partial charge in [-0.05, 0) is 59.2 Å². The number of fused-ring (bicyclic) bond motifs is 3. The summed E-state index contributed by atoms with van der Waals surface area (Å²) in [6, 6.07) is 17.1. The van der Waals surface area contributed by atoms with Crippen LogP contribution >= 0.6 is 11.6 Å². The average molecular weight is 525 g/mol. The van der Waals surface area contributed by atoms with Gasteiger partial charge in [-0.3, -0.25) is 9.47 Å². The van der Waals surface area contributed by atoms with Crippen LogP contribution in [-0.2, 0) is 19.5 Å². The van der Waals surface area contributed by atoms with E-state index in [4.69, 9.17) is 16.9 Å². The largest absolute Gasteiger partial charge is 0.333 e. The molecule has 5 rings (SSSR count). The molecule has 9 heteroatoms. The van der Waals surface area contributed by atoms with E-state index in [1.807, 2.05) is 30.4 Å². The van der Waals surface area contributed by atoms with Gasteiger partial charge in [-0.25, -0.2) is 14.2 Å². The van der Waals surface area contributed by atoms with Gasteiger partial charge in [0.25, 0.3) is 0 Å². The minimum Gasteiger partial charge on any atom is -0.333 e. The Morgan fingerprint density at radius 1 is 1.16 bits per heavy atom. The maximum atomic E-state index is 13.6. The molecule has 7 nitrogen and oxygen atoms in total. The molecule has 0 aliphatic carbocycles. The Bertz CT molecular complexity index is 1660. The quantitative estimate of drug-likeness (QED) is 0.352. The van der Waals surface area contributed by atoms with Crippen LogP contribution in [0.5, 0.6) is 0 Å². The maximum absolute atomic E-state index is 13.6. The standard InChI is InChI=1S/C29H22ClFN6O/c30-28-14-21(7-9-34-28)17-35-29(38)37-26-6-4-20(15-32)13-23(26)24-18-36(11-8-27(24)37)10-1-2-19-3-5-25(31)22(12-19)16-33/h1-7,9,12-14H,8,10-11,17-18H2,(H,35,38)/b2-1+. The van der Waals surface area contributed by atoms with Crippen molar-refractivity contribution in [2.45, 2.75) is 19.5 Å². The summed E-state index contributed by atoms with van der Waals surface area (Å²) >= 11 is 5.97. The van der Waals surface area contributed by atoms with Crippen LogP contribution in [0, 0.1) is 28.5 Å². The van der Waals surface area contributed by atoms with E-state index in [2.05, 4.69) is 21.3 Å². The van der Waals surface area contributed by atoms with Gasteiger partial charge in [0.05, 0.1) is 22.7 Å². The Kier molecular flexibility index (Phi) is 7.19. The lowest BCUT2D eigenvalue weighted by atomic mass is 10.0. The molecule has 0 unspecified atom stereocenters. The van der Waals surface area contributed by atoms with Crippen LogP contribution in [0.2, 0.25) is 5.15 Å². The predicted molar refractivity (Wildman–Crippen MR) is 143 cm³/mol. The topological polar surface area (TPSA) is 97.7 Å². The molecule has 0 bridgehead atoms. The first-order valence-electron chi connectivity index (χ1n) is 12.0. The molecule has 2 aromatic carbocycles. The van der Waals surface area contributed by atoms with E-state index in [1.165, 1.54) is 12.1 Å². The molecule has 0 saturated carbocycles. The number of carbonyl (C=O) groups is 1. The van der Waals surface area contributed by atoms with Gasteiger partial charge >= 0.3 is 6.03 Å². The minimum absolute atomic E-state index is 0.0150. The zero-order valence-corrected chi connectivity index (χ0v) is 21.0. The number of pyridine rings is 1. The SMILES string of the molecule is N#Cc1ccc2c(c1)c1c(n2C(=O)NCc2ccnc(Cl)c2)CCN(C/C=C/c2ccc(F)c(C#N)c2)C1. The molecule has 38 heavy (non-hydrogen) atoms. The summed E-state index contributed by atoms with van der Waals surface area (Å²) in [5.74, 6) is -0.532.